The summed E-state index contributed by atoms with van der Waals surface area (Å²) in [6.45, 7) is 0. The molecule has 0 saturated heterocycles. The third-order valence-electron chi connectivity index (χ3n) is 5.56. The standard InChI is InChI=1S/C22H22F3N3O3/c1-26-19(12-21(29)18-13-27-28-9-3-2-4-20(18)28)14-10-17(11-14)30-15-5-7-16(8-6-15)31-22(23,24)25/h2-9,13-14,17,19,26H,10-12H2,1H3. The molecule has 4 rings (SSSR count). The van der Waals surface area contributed by atoms with Crippen LogP contribution >= 0.6 is 0 Å². The number of aromatic nitrogens is 2. The average Bonchev–Trinajstić information content (AvgIpc) is 3.13. The lowest BCUT2D eigenvalue weighted by atomic mass is 9.75. The van der Waals surface area contributed by atoms with E-state index >= 15 is 0 Å². The van der Waals surface area contributed by atoms with Gasteiger partial charge in [0.2, 0.25) is 0 Å². The number of ketones is 1. The predicted molar refractivity (Wildman–Crippen MR) is 107 cm³/mol. The number of fused-ring (bicyclic) bond motifs is 1. The summed E-state index contributed by atoms with van der Waals surface area (Å²) in [5.41, 5.74) is 1.39. The first-order chi connectivity index (χ1) is 14.8. The van der Waals surface area contributed by atoms with Crippen molar-refractivity contribution in [1.82, 2.24) is 14.9 Å². The maximum Gasteiger partial charge on any atom is 0.573 e. The van der Waals surface area contributed by atoms with Crippen LogP contribution in [0, 0.1) is 5.92 Å². The van der Waals surface area contributed by atoms with Crippen LogP contribution in [-0.4, -0.2) is 41.0 Å². The van der Waals surface area contributed by atoms with E-state index in [0.29, 0.717) is 17.7 Å². The summed E-state index contributed by atoms with van der Waals surface area (Å²) in [4.78, 5) is 12.8. The second-order valence-electron chi connectivity index (χ2n) is 7.60. The number of rotatable bonds is 8. The number of Topliss-reactive ketones (excluding diaryl/α,β-unsaturated/α-hetero) is 1. The number of carbonyl (C=O) groups is 1. The van der Waals surface area contributed by atoms with Gasteiger partial charge in [-0.25, -0.2) is 4.52 Å². The third kappa shape index (κ3) is 4.99. The summed E-state index contributed by atoms with van der Waals surface area (Å²) in [6, 6.07) is 11.0. The zero-order valence-electron chi connectivity index (χ0n) is 16.8. The number of hydrogen-bond donors (Lipinski definition) is 1. The number of carbonyl (C=O) groups excluding carboxylic acids is 1. The van der Waals surface area contributed by atoms with Gasteiger partial charge in [-0.2, -0.15) is 5.10 Å². The summed E-state index contributed by atoms with van der Waals surface area (Å²) in [7, 11) is 1.83. The van der Waals surface area contributed by atoms with Gasteiger partial charge in [0.25, 0.3) is 0 Å². The first kappa shape index (κ1) is 21.2. The van der Waals surface area contributed by atoms with Gasteiger partial charge < -0.3 is 14.8 Å². The maximum atomic E-state index is 12.8. The molecule has 1 N–H and O–H groups in total. The zero-order valence-corrected chi connectivity index (χ0v) is 16.8. The fourth-order valence-electron chi connectivity index (χ4n) is 3.91. The minimum absolute atomic E-state index is 0.00794. The van der Waals surface area contributed by atoms with Gasteiger partial charge in [0.05, 0.1) is 23.4 Å². The Kier molecular flexibility index (Phi) is 5.86. The SMILES string of the molecule is CNC(CC(=O)c1cnn2ccccc12)C1CC(Oc2ccc(OC(F)(F)F)cc2)C1. The van der Waals surface area contributed by atoms with Crippen molar-refractivity contribution in [3.05, 3.63) is 60.4 Å². The first-order valence-electron chi connectivity index (χ1n) is 9.97. The van der Waals surface area contributed by atoms with Crippen molar-refractivity contribution in [3.8, 4) is 11.5 Å². The van der Waals surface area contributed by atoms with E-state index in [1.165, 1.54) is 24.3 Å². The van der Waals surface area contributed by atoms with Gasteiger partial charge in [-0.15, -0.1) is 13.2 Å². The molecule has 0 bridgehead atoms. The second-order valence-corrected chi connectivity index (χ2v) is 7.60. The van der Waals surface area contributed by atoms with Crippen molar-refractivity contribution in [2.75, 3.05) is 7.05 Å². The van der Waals surface area contributed by atoms with Crippen LogP contribution < -0.4 is 14.8 Å². The highest BCUT2D eigenvalue weighted by atomic mass is 19.4. The van der Waals surface area contributed by atoms with Crippen molar-refractivity contribution in [2.45, 2.75) is 37.8 Å². The number of ether oxygens (including phenoxy) is 2. The van der Waals surface area contributed by atoms with Gasteiger partial charge in [0.15, 0.2) is 5.78 Å². The molecule has 164 valence electrons. The molecule has 2 heterocycles. The van der Waals surface area contributed by atoms with Crippen molar-refractivity contribution >= 4 is 11.3 Å². The van der Waals surface area contributed by atoms with E-state index < -0.39 is 6.36 Å². The molecule has 31 heavy (non-hydrogen) atoms. The predicted octanol–water partition coefficient (Wildman–Crippen LogP) is 4.25. The Hall–Kier alpha value is -3.07. The van der Waals surface area contributed by atoms with Gasteiger partial charge in [0, 0.05) is 18.7 Å². The Morgan fingerprint density at radius 2 is 1.90 bits per heavy atom. The number of pyridine rings is 1. The number of alkyl halides is 3. The van der Waals surface area contributed by atoms with E-state index in [9.17, 15) is 18.0 Å². The Bertz CT molecular complexity index is 1040. The molecule has 0 aliphatic heterocycles. The van der Waals surface area contributed by atoms with Crippen molar-refractivity contribution < 1.29 is 27.4 Å². The smallest absolute Gasteiger partial charge is 0.490 e. The molecule has 1 aliphatic carbocycles. The van der Waals surface area contributed by atoms with Crippen LogP contribution in [0.25, 0.3) is 5.52 Å². The highest BCUT2D eigenvalue weighted by Gasteiger charge is 2.37. The maximum absolute atomic E-state index is 12.8. The Balaban J connectivity index is 1.29. The van der Waals surface area contributed by atoms with Crippen LogP contribution in [0.3, 0.4) is 0 Å². The highest BCUT2D eigenvalue weighted by Crippen LogP contribution is 2.36. The monoisotopic (exact) mass is 433 g/mol. The van der Waals surface area contributed by atoms with Crippen LogP contribution in [0.4, 0.5) is 13.2 Å². The lowest BCUT2D eigenvalue weighted by Crippen LogP contribution is -2.46. The molecule has 1 aliphatic rings. The van der Waals surface area contributed by atoms with Crippen LogP contribution in [-0.2, 0) is 0 Å². The van der Waals surface area contributed by atoms with Crippen LogP contribution in [0.15, 0.2) is 54.9 Å². The first-order valence-corrected chi connectivity index (χ1v) is 9.97. The Morgan fingerprint density at radius 3 is 2.58 bits per heavy atom. The molecule has 9 heteroatoms. The van der Waals surface area contributed by atoms with E-state index in [1.54, 1.807) is 16.9 Å². The molecule has 1 fully saturated rings. The van der Waals surface area contributed by atoms with E-state index in [4.69, 9.17) is 4.74 Å². The van der Waals surface area contributed by atoms with Gasteiger partial charge in [0.1, 0.15) is 11.5 Å². The van der Waals surface area contributed by atoms with Crippen LogP contribution in [0.2, 0.25) is 0 Å². The normalized spacial score (nSPS) is 19.6. The Labute approximate surface area is 177 Å². The molecule has 1 saturated carbocycles. The lowest BCUT2D eigenvalue weighted by molar-refractivity contribution is -0.274. The van der Waals surface area contributed by atoms with Gasteiger partial charge in [-0.05, 0) is 62.2 Å². The van der Waals surface area contributed by atoms with Crippen molar-refractivity contribution in [1.29, 1.82) is 0 Å². The van der Waals surface area contributed by atoms with Crippen molar-refractivity contribution in [2.24, 2.45) is 5.92 Å². The molecule has 0 radical (unpaired) electrons. The Morgan fingerprint density at radius 1 is 1.19 bits per heavy atom. The molecule has 2 aromatic heterocycles. The van der Waals surface area contributed by atoms with Gasteiger partial charge in [-0.3, -0.25) is 4.79 Å². The van der Waals surface area contributed by atoms with E-state index in [2.05, 4.69) is 15.2 Å². The molecule has 0 spiro atoms. The van der Waals surface area contributed by atoms with Crippen molar-refractivity contribution in [3.63, 3.8) is 0 Å². The van der Waals surface area contributed by atoms with E-state index in [1.807, 2.05) is 25.2 Å². The lowest BCUT2D eigenvalue weighted by Gasteiger charge is -2.40. The number of nitrogens with one attached hydrogen (secondary N) is 1. The highest BCUT2D eigenvalue weighted by molar-refractivity contribution is 6.02. The molecule has 1 aromatic carbocycles. The summed E-state index contributed by atoms with van der Waals surface area (Å²) in [6.07, 6.45) is 0.519. The van der Waals surface area contributed by atoms with Crippen LogP contribution in [0.1, 0.15) is 29.6 Å². The summed E-state index contributed by atoms with van der Waals surface area (Å²) < 4.78 is 48.1. The largest absolute Gasteiger partial charge is 0.573 e. The molecule has 1 atom stereocenters. The summed E-state index contributed by atoms with van der Waals surface area (Å²) in [5, 5.41) is 7.45. The molecular formula is C22H22F3N3O3. The number of halogens is 3. The third-order valence-corrected chi connectivity index (χ3v) is 5.56. The second kappa shape index (κ2) is 8.58. The minimum Gasteiger partial charge on any atom is -0.490 e. The zero-order chi connectivity index (χ0) is 22.0. The fourth-order valence-corrected chi connectivity index (χ4v) is 3.91. The fraction of sp³-hybridized carbons (Fsp3) is 0.364. The molecule has 3 aromatic rings. The molecular weight excluding hydrogens is 411 g/mol. The quantitative estimate of drug-likeness (QED) is 0.538. The van der Waals surface area contributed by atoms with Crippen LogP contribution in [0.5, 0.6) is 11.5 Å². The molecule has 1 unspecified atom stereocenters. The number of hydrogen-bond acceptors (Lipinski definition) is 5. The van der Waals surface area contributed by atoms with Gasteiger partial charge >= 0.3 is 6.36 Å². The van der Waals surface area contributed by atoms with E-state index in [0.717, 1.165) is 18.4 Å². The van der Waals surface area contributed by atoms with Gasteiger partial charge in [-0.1, -0.05) is 6.07 Å². The molecule has 6 nitrogen and oxygen atoms in total. The number of benzene rings is 1. The summed E-state index contributed by atoms with van der Waals surface area (Å²) >= 11 is 0. The summed E-state index contributed by atoms with van der Waals surface area (Å²) in [5.74, 6) is 0.507. The topological polar surface area (TPSA) is 64.9 Å². The van der Waals surface area contributed by atoms with E-state index in [-0.39, 0.29) is 29.6 Å². The molecule has 0 amide bonds. The minimum atomic E-state index is -4.72. The average molecular weight is 433 g/mol. The number of nitrogens with zero attached hydrogens (tertiary/aromatic N) is 2.